The molecule has 0 aromatic heterocycles. The minimum Gasteiger partial charge on any atom is -0.469 e. The van der Waals surface area contributed by atoms with Crippen LogP contribution in [0.2, 0.25) is 0 Å². The number of carbonyl (C=O) groups excluding carboxylic acids is 1. The van der Waals surface area contributed by atoms with Crippen LogP contribution in [0.5, 0.6) is 0 Å². The number of aliphatic hydroxyl groups excluding tert-OH is 1. The van der Waals surface area contributed by atoms with E-state index in [1.807, 2.05) is 0 Å². The predicted molar refractivity (Wildman–Crippen MR) is 46.2 cm³/mol. The molecule has 0 aliphatic rings. The average molecular weight is 229 g/mol. The van der Waals surface area contributed by atoms with Crippen LogP contribution >= 0.6 is 0 Å². The van der Waals surface area contributed by atoms with Crippen molar-refractivity contribution < 1.29 is 27.8 Å². The van der Waals surface area contributed by atoms with Crippen molar-refractivity contribution in [3.8, 4) is 0 Å². The third-order valence-electron chi connectivity index (χ3n) is 1.68. The second kappa shape index (κ2) is 6.62. The van der Waals surface area contributed by atoms with Gasteiger partial charge in [0.2, 0.25) is 0 Å². The fourth-order valence-corrected chi connectivity index (χ4v) is 0.814. The smallest absolute Gasteiger partial charge is 0.415 e. The first-order chi connectivity index (χ1) is 6.88. The van der Waals surface area contributed by atoms with Crippen LogP contribution in [0.3, 0.4) is 0 Å². The van der Waals surface area contributed by atoms with Crippen LogP contribution in [0.1, 0.15) is 12.8 Å². The Balaban J connectivity index is 3.43. The van der Waals surface area contributed by atoms with Crippen molar-refractivity contribution in [1.29, 1.82) is 0 Å². The molecule has 90 valence electrons. The number of hydrogen-bond donors (Lipinski definition) is 2. The summed E-state index contributed by atoms with van der Waals surface area (Å²) in [5, 5.41) is 11.0. The Bertz CT molecular complexity index is 196. The number of methoxy groups -OCH3 is 1. The van der Waals surface area contributed by atoms with Gasteiger partial charge in [0.25, 0.3) is 0 Å². The van der Waals surface area contributed by atoms with Gasteiger partial charge < -0.3 is 15.2 Å². The lowest BCUT2D eigenvalue weighted by molar-refractivity contribution is -0.201. The molecule has 0 aromatic rings. The first-order valence-corrected chi connectivity index (χ1v) is 4.40. The van der Waals surface area contributed by atoms with Crippen LogP contribution in [0.15, 0.2) is 0 Å². The number of hydrogen-bond acceptors (Lipinski definition) is 4. The molecule has 0 radical (unpaired) electrons. The molecule has 0 saturated heterocycles. The van der Waals surface area contributed by atoms with Gasteiger partial charge >= 0.3 is 12.1 Å². The summed E-state index contributed by atoms with van der Waals surface area (Å²) in [6.45, 7) is -0.340. The number of rotatable bonds is 6. The zero-order chi connectivity index (χ0) is 11.9. The molecule has 0 fully saturated rings. The zero-order valence-corrected chi connectivity index (χ0v) is 8.30. The van der Waals surface area contributed by atoms with Crippen LogP contribution in [-0.2, 0) is 9.53 Å². The monoisotopic (exact) mass is 229 g/mol. The van der Waals surface area contributed by atoms with Crippen LogP contribution in [0, 0.1) is 0 Å². The minimum absolute atomic E-state index is 0.144. The lowest BCUT2D eigenvalue weighted by Gasteiger charge is -2.14. The van der Waals surface area contributed by atoms with Crippen molar-refractivity contribution >= 4 is 5.97 Å². The highest BCUT2D eigenvalue weighted by Crippen LogP contribution is 2.19. The van der Waals surface area contributed by atoms with Crippen LogP contribution in [0.4, 0.5) is 13.2 Å². The van der Waals surface area contributed by atoms with Gasteiger partial charge in [0.05, 0.1) is 7.11 Å². The number of ether oxygens (including phenoxy) is 1. The van der Waals surface area contributed by atoms with Crippen molar-refractivity contribution in [2.24, 2.45) is 0 Å². The number of nitrogens with one attached hydrogen (secondary N) is 1. The molecule has 2 N–H and O–H groups in total. The van der Waals surface area contributed by atoms with Gasteiger partial charge in [0.1, 0.15) is 0 Å². The Hall–Kier alpha value is -0.820. The molecule has 1 atom stereocenters. The topological polar surface area (TPSA) is 58.6 Å². The largest absolute Gasteiger partial charge is 0.469 e. The van der Waals surface area contributed by atoms with E-state index in [0.29, 0.717) is 6.42 Å². The van der Waals surface area contributed by atoms with Crippen LogP contribution in [-0.4, -0.2) is 43.6 Å². The summed E-state index contributed by atoms with van der Waals surface area (Å²) in [5.41, 5.74) is 0. The molecule has 0 rings (SSSR count). The molecule has 1 unspecified atom stereocenters. The van der Waals surface area contributed by atoms with Crippen molar-refractivity contribution in [2.75, 3.05) is 20.2 Å². The van der Waals surface area contributed by atoms with E-state index < -0.39 is 24.8 Å². The Labute approximate surface area is 85.4 Å². The van der Waals surface area contributed by atoms with Gasteiger partial charge in [-0.25, -0.2) is 0 Å². The molecule has 4 nitrogen and oxygen atoms in total. The molecule has 0 heterocycles. The number of esters is 1. The summed E-state index contributed by atoms with van der Waals surface area (Å²) in [6.07, 6.45) is -6.45. The number of aliphatic hydroxyl groups is 1. The summed E-state index contributed by atoms with van der Waals surface area (Å²) in [6, 6.07) is 0. The van der Waals surface area contributed by atoms with E-state index in [-0.39, 0.29) is 13.0 Å². The van der Waals surface area contributed by atoms with E-state index >= 15 is 0 Å². The second-order valence-electron chi connectivity index (χ2n) is 2.94. The molecule has 0 aliphatic heterocycles. The summed E-state index contributed by atoms with van der Waals surface area (Å²) < 4.78 is 39.7. The maximum atomic E-state index is 11.8. The standard InChI is InChI=1S/C8H14F3NO3/c1-15-7(14)3-2-4-12-5-6(13)8(9,10)11/h6,12-13H,2-5H2,1H3. The molecule has 0 spiro atoms. The lowest BCUT2D eigenvalue weighted by Crippen LogP contribution is -2.38. The van der Waals surface area contributed by atoms with Gasteiger partial charge in [-0.1, -0.05) is 0 Å². The maximum Gasteiger partial charge on any atom is 0.415 e. The Morgan fingerprint density at radius 2 is 2.13 bits per heavy atom. The molecule has 7 heteroatoms. The molecule has 15 heavy (non-hydrogen) atoms. The molecule has 0 bridgehead atoms. The summed E-state index contributed by atoms with van der Waals surface area (Å²) in [5.74, 6) is -0.409. The predicted octanol–water partition coefficient (Wildman–Crippen LogP) is 0.452. The quantitative estimate of drug-likeness (QED) is 0.513. The van der Waals surface area contributed by atoms with E-state index in [2.05, 4.69) is 10.1 Å². The summed E-state index contributed by atoms with van der Waals surface area (Å²) in [7, 11) is 1.24. The van der Waals surface area contributed by atoms with E-state index in [1.165, 1.54) is 7.11 Å². The molecule has 0 aromatic carbocycles. The Morgan fingerprint density at radius 3 is 2.60 bits per heavy atom. The van der Waals surface area contributed by atoms with Crippen molar-refractivity contribution in [2.45, 2.75) is 25.1 Å². The van der Waals surface area contributed by atoms with Crippen LogP contribution in [0.25, 0.3) is 0 Å². The molecule has 0 aliphatic carbocycles. The van der Waals surface area contributed by atoms with Gasteiger partial charge in [0, 0.05) is 13.0 Å². The zero-order valence-electron chi connectivity index (χ0n) is 8.30. The van der Waals surface area contributed by atoms with Gasteiger partial charge in [-0.2, -0.15) is 13.2 Å². The molecular formula is C8H14F3NO3. The highest BCUT2D eigenvalue weighted by molar-refractivity contribution is 5.68. The number of carbonyl (C=O) groups is 1. The third-order valence-corrected chi connectivity index (χ3v) is 1.68. The van der Waals surface area contributed by atoms with E-state index in [0.717, 1.165) is 0 Å². The first kappa shape index (κ1) is 14.2. The Kier molecular flexibility index (Phi) is 6.26. The van der Waals surface area contributed by atoms with Gasteiger partial charge in [-0.15, -0.1) is 0 Å². The van der Waals surface area contributed by atoms with E-state index in [1.54, 1.807) is 0 Å². The SMILES string of the molecule is COC(=O)CCCNCC(O)C(F)(F)F. The van der Waals surface area contributed by atoms with Crippen molar-refractivity contribution in [1.82, 2.24) is 5.32 Å². The highest BCUT2D eigenvalue weighted by Gasteiger charge is 2.37. The first-order valence-electron chi connectivity index (χ1n) is 4.40. The van der Waals surface area contributed by atoms with Gasteiger partial charge in [-0.05, 0) is 13.0 Å². The average Bonchev–Trinajstić information content (AvgIpc) is 2.15. The fourth-order valence-electron chi connectivity index (χ4n) is 0.814. The summed E-state index contributed by atoms with van der Waals surface area (Å²) >= 11 is 0. The van der Waals surface area contributed by atoms with Crippen molar-refractivity contribution in [3.05, 3.63) is 0 Å². The maximum absolute atomic E-state index is 11.8. The third kappa shape index (κ3) is 7.15. The molecule has 0 saturated carbocycles. The van der Waals surface area contributed by atoms with Crippen molar-refractivity contribution in [3.63, 3.8) is 0 Å². The number of halogens is 3. The van der Waals surface area contributed by atoms with Gasteiger partial charge in [0.15, 0.2) is 6.10 Å². The van der Waals surface area contributed by atoms with E-state index in [4.69, 9.17) is 5.11 Å². The normalized spacial score (nSPS) is 13.7. The highest BCUT2D eigenvalue weighted by atomic mass is 19.4. The van der Waals surface area contributed by atoms with E-state index in [9.17, 15) is 18.0 Å². The minimum atomic E-state index is -4.60. The molecular weight excluding hydrogens is 215 g/mol. The second-order valence-corrected chi connectivity index (χ2v) is 2.94. The van der Waals surface area contributed by atoms with Crippen LogP contribution < -0.4 is 5.32 Å². The fraction of sp³-hybridized carbons (Fsp3) is 0.875. The molecule has 0 amide bonds. The Morgan fingerprint density at radius 1 is 1.53 bits per heavy atom. The summed E-state index contributed by atoms with van der Waals surface area (Å²) in [4.78, 5) is 10.6. The lowest BCUT2D eigenvalue weighted by atomic mass is 10.3. The number of alkyl halides is 3. The van der Waals surface area contributed by atoms with Gasteiger partial charge in [-0.3, -0.25) is 4.79 Å².